The Balaban J connectivity index is 0.754. The lowest BCUT2D eigenvalue weighted by molar-refractivity contribution is 0.304. The Morgan fingerprint density at radius 2 is 0.448 bits per heavy atom. The van der Waals surface area contributed by atoms with Crippen molar-refractivity contribution in [2.75, 3.05) is 19.8 Å². The first kappa shape index (κ1) is 90.5. The minimum Gasteiger partial charge on any atom is -0.494 e. The number of hydrogen-bond donors (Lipinski definition) is 3. The molecule has 18 rings (SSSR count). The molecule has 0 unspecified atom stereocenters. The maximum absolute atomic E-state index is 7.39. The summed E-state index contributed by atoms with van der Waals surface area (Å²) in [6.45, 7) is 28.7. The van der Waals surface area contributed by atoms with Gasteiger partial charge in [-0.15, -0.1) is 0 Å². The fraction of sp³-hybridized carbons (Fsp3) is 0.268. The molecule has 0 aliphatic carbocycles. The molecular weight excluding hydrogens is 1640 g/mol. The van der Waals surface area contributed by atoms with Gasteiger partial charge in [-0.3, -0.25) is 0 Å². The SMILES string of the molecule is CCCCCCCCOc1ccc(-c2c3nc(c(-c4ccc(C#Cc5ccc(-c6c7nc(c(-c8c(C)cc(C)cc8C)c8ccc([nH]8)c(-c8c(C)cc(C)cc8C)c8nc(c(-c9c(C)cc(C)cc9C)c9ccc6[nH]9)C=C8)C=C7)cc5)cc4)c4ccc(o4)c(-c4ccc(OCCCCCCCC)cc4)c4nc(c(-c5ccc(OCCCCCCCC)cc5)c5ccc2[nH]5)C=C4)C=C3)cc1. The average molecular weight is 1760 g/mol. The molecule has 0 saturated heterocycles. The van der Waals surface area contributed by atoms with Crippen molar-refractivity contribution >= 4 is 92.9 Å². The third kappa shape index (κ3) is 20.0. The zero-order valence-corrected chi connectivity index (χ0v) is 80.0. The second-order valence-electron chi connectivity index (χ2n) is 37.0. The molecule has 3 N–H and O–H groups in total. The summed E-state index contributed by atoms with van der Waals surface area (Å²) in [4.78, 5) is 34.9. The number of aryl methyl sites for hydroxylation is 9. The number of fused-ring (bicyclic) bond motifs is 16. The van der Waals surface area contributed by atoms with Crippen LogP contribution in [0, 0.1) is 74.2 Å². The van der Waals surface area contributed by atoms with Crippen LogP contribution >= 0.6 is 0 Å². The molecular formula is C123H123N7O4. The Kier molecular flexibility index (Phi) is 27.9. The quantitative estimate of drug-likeness (QED) is 0.0280. The van der Waals surface area contributed by atoms with Gasteiger partial charge in [0.15, 0.2) is 0 Å². The standard InChI is InChI=1S/C123H123N7O4/c1-13-16-19-22-25-28-69-131-94-47-41-90(42-48-94)117-97-53-54-98(124-97)118(91-43-49-95(50-44-91)132-70-29-26-23-20-17-14-2)100-56-60-104(126-100)120(93-45-51-96(52-46-93)133-71-30-27-24-21-18-15-3)112-68-67-111(134-112)119(103-59-55-99(117)125-103)92-39-35-88(36-40-92)32-31-87-33-37-89(38-34-87)116-101-57-61-105(127-101)121(113-81(7)72-78(4)73-82(113)8)107-63-65-109(129-107)123(115-85(11)76-80(6)77-86(115)12)110-66-64-108(130-110)122(106-62-58-102(116)128-106)114-83(9)74-79(5)75-84(114)10/h33-68,72-77,124,127,130H,13-30,69-71H2,1-12H3. The third-order valence-electron chi connectivity index (χ3n) is 26.6. The molecule has 6 aromatic heterocycles. The van der Waals surface area contributed by atoms with Crippen molar-refractivity contribution in [3.63, 3.8) is 0 Å². The monoisotopic (exact) mass is 1760 g/mol. The maximum atomic E-state index is 7.39. The number of aromatic amines is 3. The number of hydrogen-bond acceptors (Lipinski definition) is 8. The van der Waals surface area contributed by atoms with Crippen LogP contribution in [0.4, 0.5) is 0 Å². The molecule has 4 aliphatic heterocycles. The van der Waals surface area contributed by atoms with Gasteiger partial charge in [-0.2, -0.15) is 0 Å². The van der Waals surface area contributed by atoms with E-state index >= 15 is 0 Å². The number of rotatable bonds is 32. The van der Waals surface area contributed by atoms with Crippen LogP contribution < -0.4 is 14.2 Å². The Morgan fingerprint density at radius 3 is 0.709 bits per heavy atom. The third-order valence-corrected chi connectivity index (χ3v) is 26.6. The van der Waals surface area contributed by atoms with Gasteiger partial charge in [0.25, 0.3) is 0 Å². The van der Waals surface area contributed by atoms with Gasteiger partial charge in [0.2, 0.25) is 0 Å². The molecule has 0 atom stereocenters. The maximum Gasteiger partial charge on any atom is 0.137 e. The van der Waals surface area contributed by atoms with Crippen molar-refractivity contribution < 1.29 is 18.6 Å². The van der Waals surface area contributed by atoms with E-state index < -0.39 is 0 Å². The van der Waals surface area contributed by atoms with Crippen LogP contribution in [-0.4, -0.2) is 54.7 Å². The van der Waals surface area contributed by atoms with Gasteiger partial charge in [0.1, 0.15) is 28.4 Å². The predicted octanol–water partition coefficient (Wildman–Crippen LogP) is 33.6. The first-order valence-electron chi connectivity index (χ1n) is 48.9. The summed E-state index contributed by atoms with van der Waals surface area (Å²) in [6, 6.07) is 73.8. The van der Waals surface area contributed by atoms with Crippen molar-refractivity contribution in [1.82, 2.24) is 34.9 Å². The van der Waals surface area contributed by atoms with Crippen molar-refractivity contribution in [3.8, 4) is 118 Å². The predicted molar refractivity (Wildman–Crippen MR) is 564 cm³/mol. The molecule has 0 amide bonds. The average Bonchev–Trinajstić information content (AvgIpc) is 1.51. The largest absolute Gasteiger partial charge is 0.494 e. The van der Waals surface area contributed by atoms with Gasteiger partial charge in [-0.25, -0.2) is 19.9 Å². The fourth-order valence-corrected chi connectivity index (χ4v) is 20.3. The Morgan fingerprint density at radius 1 is 0.231 bits per heavy atom. The van der Waals surface area contributed by atoms with E-state index in [1.165, 1.54) is 139 Å². The topological polar surface area (TPSA) is 140 Å². The number of unbranched alkanes of at least 4 members (excludes halogenated alkanes) is 15. The molecule has 0 spiro atoms. The summed E-state index contributed by atoms with van der Waals surface area (Å²) in [5.41, 5.74) is 42.0. The van der Waals surface area contributed by atoms with Gasteiger partial charge < -0.3 is 33.6 Å². The van der Waals surface area contributed by atoms with E-state index in [9.17, 15) is 0 Å². The van der Waals surface area contributed by atoms with Crippen molar-refractivity contribution in [2.24, 2.45) is 0 Å². The number of H-pyrrole nitrogens is 3. The second-order valence-corrected chi connectivity index (χ2v) is 37.0. The molecule has 0 fully saturated rings. The van der Waals surface area contributed by atoms with Crippen LogP contribution in [0.25, 0.3) is 182 Å². The van der Waals surface area contributed by atoms with Crippen LogP contribution in [-0.2, 0) is 0 Å². The van der Waals surface area contributed by atoms with E-state index in [1.807, 2.05) is 0 Å². The molecule has 11 heteroatoms. The number of benzene rings is 8. The normalized spacial score (nSPS) is 12.0. The van der Waals surface area contributed by atoms with Gasteiger partial charge in [0.05, 0.1) is 76.5 Å². The summed E-state index contributed by atoms with van der Waals surface area (Å²) in [5, 5.41) is 0. The molecule has 0 radical (unpaired) electrons. The zero-order valence-electron chi connectivity index (χ0n) is 80.0. The second kappa shape index (κ2) is 41.4. The first-order chi connectivity index (χ1) is 65.5. The van der Waals surface area contributed by atoms with Gasteiger partial charge in [-0.1, -0.05) is 243 Å². The molecule has 0 saturated carbocycles. The highest BCUT2D eigenvalue weighted by molar-refractivity contribution is 6.04. The molecule has 14 aromatic rings. The smallest absolute Gasteiger partial charge is 0.137 e. The first-order valence-corrected chi connectivity index (χ1v) is 48.9. The van der Waals surface area contributed by atoms with E-state index in [0.29, 0.717) is 31.0 Å². The summed E-state index contributed by atoms with van der Waals surface area (Å²) in [6.07, 6.45) is 38.9. The summed E-state index contributed by atoms with van der Waals surface area (Å²) < 4.78 is 26.6. The van der Waals surface area contributed by atoms with E-state index in [4.69, 9.17) is 38.6 Å². The van der Waals surface area contributed by atoms with E-state index in [-0.39, 0.29) is 0 Å². The minimum absolute atomic E-state index is 0.652. The number of nitrogens with one attached hydrogen (secondary N) is 3. The van der Waals surface area contributed by atoms with Crippen LogP contribution in [0.2, 0.25) is 0 Å². The molecule has 10 heterocycles. The zero-order chi connectivity index (χ0) is 92.3. The fourth-order valence-electron chi connectivity index (χ4n) is 20.3. The summed E-state index contributed by atoms with van der Waals surface area (Å²) in [5.74, 6) is 9.68. The van der Waals surface area contributed by atoms with Gasteiger partial charge in [0, 0.05) is 77.6 Å². The lowest BCUT2D eigenvalue weighted by atomic mass is 9.92. The lowest BCUT2D eigenvalue weighted by Crippen LogP contribution is -1.97. The highest BCUT2D eigenvalue weighted by Crippen LogP contribution is 2.46. The van der Waals surface area contributed by atoms with Crippen LogP contribution in [0.1, 0.15) is 243 Å². The van der Waals surface area contributed by atoms with Gasteiger partial charge in [-0.05, 0) is 317 Å². The lowest BCUT2D eigenvalue weighted by Gasteiger charge is -2.14. The molecule has 11 nitrogen and oxygen atoms in total. The number of furan rings is 1. The Hall–Kier alpha value is -14.1. The summed E-state index contributed by atoms with van der Waals surface area (Å²) >= 11 is 0. The van der Waals surface area contributed by atoms with Gasteiger partial charge >= 0.3 is 0 Å². The highest BCUT2D eigenvalue weighted by Gasteiger charge is 2.27. The Labute approximate surface area is 790 Å². The summed E-state index contributed by atoms with van der Waals surface area (Å²) in [7, 11) is 0. The van der Waals surface area contributed by atoms with Crippen LogP contribution in [0.3, 0.4) is 0 Å². The molecule has 674 valence electrons. The van der Waals surface area contributed by atoms with E-state index in [1.54, 1.807) is 0 Å². The van der Waals surface area contributed by atoms with Crippen molar-refractivity contribution in [1.29, 1.82) is 0 Å². The highest BCUT2D eigenvalue weighted by atomic mass is 16.5. The number of aromatic nitrogens is 7. The van der Waals surface area contributed by atoms with E-state index in [0.717, 1.165) is 223 Å². The van der Waals surface area contributed by atoms with Crippen LogP contribution in [0.5, 0.6) is 17.2 Å². The number of nitrogens with zero attached hydrogens (tertiary/aromatic N) is 4. The van der Waals surface area contributed by atoms with E-state index in [2.05, 4.69) is 365 Å². The molecule has 8 aromatic carbocycles. The van der Waals surface area contributed by atoms with Crippen molar-refractivity contribution in [3.05, 3.63) is 313 Å². The number of ether oxygens (including phenoxy) is 3. The molecule has 16 bridgehead atoms. The molecule has 134 heavy (non-hydrogen) atoms. The van der Waals surface area contributed by atoms with Crippen molar-refractivity contribution in [2.45, 2.75) is 199 Å². The Bertz CT molecular complexity index is 7110. The van der Waals surface area contributed by atoms with Crippen LogP contribution in [0.15, 0.2) is 211 Å². The molecule has 4 aliphatic rings. The minimum atomic E-state index is 0.652.